The maximum Gasteiger partial charge on any atom is 0.269 e. The number of hydrogen-bond acceptors (Lipinski definition) is 9. The van der Waals surface area contributed by atoms with Gasteiger partial charge in [-0.25, -0.2) is 0 Å². The molecule has 52 heavy (non-hydrogen) atoms. The first-order valence-electron chi connectivity index (χ1n) is 17.9. The number of aromatic nitrogens is 5. The zero-order valence-electron chi connectivity index (χ0n) is 30.3. The van der Waals surface area contributed by atoms with Gasteiger partial charge < -0.3 is 21.7 Å². The Hall–Kier alpha value is -4.72. The molecular weight excluding hydrogens is 680 g/mol. The zero-order valence-corrected chi connectivity index (χ0v) is 31.1. The maximum absolute atomic E-state index is 14.2. The molecule has 1 fully saturated rings. The van der Waals surface area contributed by atoms with Crippen molar-refractivity contribution >= 4 is 35.8 Å². The van der Waals surface area contributed by atoms with Crippen molar-refractivity contribution < 1.29 is 14.4 Å². The highest BCUT2D eigenvalue weighted by molar-refractivity contribution is 6.02. The van der Waals surface area contributed by atoms with Gasteiger partial charge in [-0.15, -0.1) is 22.6 Å². The minimum absolute atomic E-state index is 0. The number of anilines is 1. The molecule has 1 aliphatic carbocycles. The average Bonchev–Trinajstić information content (AvgIpc) is 3.70. The Morgan fingerprint density at radius 2 is 1.65 bits per heavy atom. The standard InChI is InChI=1S/C38H50N10O3.ClH/c1-4-47(5-2)20-6-19-41-37(50)33-21-25(3)32(24-42-33)28-11-7-26(8-12-28)22-34(35(40)49)48(38(51)30-13-9-27(23-39)10-14-30)31-17-15-29(16-18-31)36-43-45-46-44-36;/h7-8,11-12,15-18,21,24,27,30,34H,4-6,9-10,13-14,19-20,22-23,39H2,1-3H3,(H2,40,49)(H,41,50)(H,43,44,45,46);1H/t27?,30?,34-;/m0./s1. The minimum Gasteiger partial charge on any atom is -0.368 e. The number of carbonyl (C=O) groups excluding carboxylic acids is 3. The number of nitrogens with one attached hydrogen (secondary N) is 2. The quantitative estimate of drug-likeness (QED) is 0.122. The van der Waals surface area contributed by atoms with Crippen molar-refractivity contribution in [1.29, 1.82) is 0 Å². The normalized spacial score (nSPS) is 16.2. The third-order valence-electron chi connectivity index (χ3n) is 10.0. The Kier molecular flexibility index (Phi) is 14.8. The summed E-state index contributed by atoms with van der Waals surface area (Å²) in [6.45, 7) is 10.4. The number of primary amides is 1. The van der Waals surface area contributed by atoms with Gasteiger partial charge in [-0.05, 0) is 123 Å². The van der Waals surface area contributed by atoms with E-state index in [0.29, 0.717) is 49.1 Å². The summed E-state index contributed by atoms with van der Waals surface area (Å²) in [6.07, 6.45) is 6.00. The first-order valence-corrected chi connectivity index (χ1v) is 17.9. The van der Waals surface area contributed by atoms with Gasteiger partial charge in [0.25, 0.3) is 5.91 Å². The molecule has 0 unspecified atom stereocenters. The second-order valence-corrected chi connectivity index (χ2v) is 13.3. The molecule has 13 nitrogen and oxygen atoms in total. The number of aryl methyl sites for hydroxylation is 1. The van der Waals surface area contributed by atoms with Crippen LogP contribution in [0.1, 0.15) is 67.6 Å². The molecule has 0 radical (unpaired) electrons. The number of tetrazole rings is 1. The molecule has 2 aromatic carbocycles. The van der Waals surface area contributed by atoms with Crippen LogP contribution in [0.5, 0.6) is 0 Å². The molecule has 14 heteroatoms. The van der Waals surface area contributed by atoms with Crippen LogP contribution in [0.3, 0.4) is 0 Å². The van der Waals surface area contributed by atoms with Gasteiger partial charge in [0.05, 0.1) is 0 Å². The van der Waals surface area contributed by atoms with Gasteiger partial charge >= 0.3 is 0 Å². The summed E-state index contributed by atoms with van der Waals surface area (Å²) in [4.78, 5) is 48.5. The lowest BCUT2D eigenvalue weighted by Crippen LogP contribution is -2.52. The molecule has 4 aromatic rings. The Balaban J connectivity index is 0.00000605. The van der Waals surface area contributed by atoms with E-state index < -0.39 is 11.9 Å². The number of nitrogens with zero attached hydrogens (tertiary/aromatic N) is 6. The summed E-state index contributed by atoms with van der Waals surface area (Å²) in [5.41, 5.74) is 17.2. The van der Waals surface area contributed by atoms with E-state index in [1.165, 1.54) is 0 Å². The SMILES string of the molecule is CCN(CC)CCCNC(=O)c1cc(C)c(-c2ccc(C[C@@H](C(N)=O)N(C(=O)C3CCC(CN)CC3)c3ccc(-c4nn[nH]n4)cc3)cc2)cn1.Cl. The molecule has 0 saturated heterocycles. The van der Waals surface area contributed by atoms with E-state index in [9.17, 15) is 14.4 Å². The van der Waals surface area contributed by atoms with Gasteiger partial charge in [0.1, 0.15) is 11.7 Å². The van der Waals surface area contributed by atoms with Crippen LogP contribution in [0.25, 0.3) is 22.5 Å². The topological polar surface area (TPSA) is 189 Å². The summed E-state index contributed by atoms with van der Waals surface area (Å²) < 4.78 is 0. The molecule has 0 aliphatic heterocycles. The molecule has 5 rings (SSSR count). The Morgan fingerprint density at radius 1 is 0.981 bits per heavy atom. The number of aromatic amines is 1. The lowest BCUT2D eigenvalue weighted by Gasteiger charge is -2.35. The fraction of sp³-hybridized carbons (Fsp3) is 0.447. The van der Waals surface area contributed by atoms with Crippen LogP contribution < -0.4 is 21.7 Å². The number of benzene rings is 2. The second kappa shape index (κ2) is 19.2. The predicted molar refractivity (Wildman–Crippen MR) is 205 cm³/mol. The second-order valence-electron chi connectivity index (χ2n) is 13.3. The molecule has 278 valence electrons. The number of nitrogens with two attached hydrogens (primary N) is 2. The van der Waals surface area contributed by atoms with Crippen LogP contribution in [-0.2, 0) is 16.0 Å². The summed E-state index contributed by atoms with van der Waals surface area (Å²) in [7, 11) is 0. The van der Waals surface area contributed by atoms with Crippen molar-refractivity contribution in [2.24, 2.45) is 23.3 Å². The van der Waals surface area contributed by atoms with Gasteiger partial charge in [-0.3, -0.25) is 24.3 Å². The van der Waals surface area contributed by atoms with Crippen LogP contribution in [0.15, 0.2) is 60.8 Å². The van der Waals surface area contributed by atoms with Crippen molar-refractivity contribution in [3.8, 4) is 22.5 Å². The van der Waals surface area contributed by atoms with E-state index in [4.69, 9.17) is 11.5 Å². The fourth-order valence-corrected chi connectivity index (χ4v) is 6.84. The number of carbonyl (C=O) groups is 3. The van der Waals surface area contributed by atoms with E-state index in [-0.39, 0.29) is 36.6 Å². The number of H-pyrrole nitrogens is 1. The van der Waals surface area contributed by atoms with Crippen molar-refractivity contribution in [3.05, 3.63) is 77.6 Å². The smallest absolute Gasteiger partial charge is 0.269 e. The first kappa shape index (κ1) is 40.1. The number of pyridine rings is 1. The Morgan fingerprint density at radius 3 is 2.23 bits per heavy atom. The Labute approximate surface area is 311 Å². The van der Waals surface area contributed by atoms with Crippen molar-refractivity contribution in [2.45, 2.75) is 65.3 Å². The van der Waals surface area contributed by atoms with E-state index in [0.717, 1.165) is 66.7 Å². The van der Waals surface area contributed by atoms with Crippen LogP contribution >= 0.6 is 12.4 Å². The molecule has 3 amide bonds. The van der Waals surface area contributed by atoms with Gasteiger partial charge in [0, 0.05) is 41.9 Å². The summed E-state index contributed by atoms with van der Waals surface area (Å²) in [5, 5.41) is 17.1. The number of amides is 3. The molecule has 0 bridgehead atoms. The summed E-state index contributed by atoms with van der Waals surface area (Å²) >= 11 is 0. The highest BCUT2D eigenvalue weighted by Gasteiger charge is 2.36. The number of halogens is 1. The number of rotatable bonds is 16. The van der Waals surface area contributed by atoms with Gasteiger partial charge in [0.2, 0.25) is 17.6 Å². The van der Waals surface area contributed by atoms with E-state index >= 15 is 0 Å². The van der Waals surface area contributed by atoms with Crippen LogP contribution in [0.2, 0.25) is 0 Å². The lowest BCUT2D eigenvalue weighted by molar-refractivity contribution is -0.127. The molecule has 6 N–H and O–H groups in total. The molecule has 0 spiro atoms. The van der Waals surface area contributed by atoms with Crippen molar-refractivity contribution in [2.75, 3.05) is 37.6 Å². The molecule has 1 saturated carbocycles. The maximum atomic E-state index is 14.2. The highest BCUT2D eigenvalue weighted by Crippen LogP contribution is 2.33. The first-order chi connectivity index (χ1) is 24.7. The van der Waals surface area contributed by atoms with Gasteiger partial charge in [-0.1, -0.05) is 38.1 Å². The summed E-state index contributed by atoms with van der Waals surface area (Å²) in [5.74, 6) is -0.298. The van der Waals surface area contributed by atoms with Crippen molar-refractivity contribution in [3.63, 3.8) is 0 Å². The molecule has 2 aromatic heterocycles. The highest BCUT2D eigenvalue weighted by atomic mass is 35.5. The van der Waals surface area contributed by atoms with Crippen LogP contribution in [0.4, 0.5) is 5.69 Å². The molecule has 1 aliphatic rings. The molecule has 1 atom stereocenters. The fourth-order valence-electron chi connectivity index (χ4n) is 6.84. The monoisotopic (exact) mass is 730 g/mol. The minimum atomic E-state index is -0.917. The summed E-state index contributed by atoms with van der Waals surface area (Å²) in [6, 6.07) is 15.9. The largest absolute Gasteiger partial charge is 0.368 e. The predicted octanol–water partition coefficient (Wildman–Crippen LogP) is 4.32. The van der Waals surface area contributed by atoms with Gasteiger partial charge in [0.15, 0.2) is 0 Å². The van der Waals surface area contributed by atoms with E-state index in [1.807, 2.05) is 31.2 Å². The van der Waals surface area contributed by atoms with Gasteiger partial charge in [-0.2, -0.15) is 5.21 Å². The average molecular weight is 731 g/mol. The zero-order chi connectivity index (χ0) is 36.3. The van der Waals surface area contributed by atoms with E-state index in [1.54, 1.807) is 41.4 Å². The van der Waals surface area contributed by atoms with Crippen molar-refractivity contribution in [1.82, 2.24) is 35.8 Å². The van der Waals surface area contributed by atoms with Crippen LogP contribution in [-0.4, -0.2) is 87.0 Å². The van der Waals surface area contributed by atoms with E-state index in [2.05, 4.69) is 49.7 Å². The molecular formula is C38H51ClN10O3. The lowest BCUT2D eigenvalue weighted by atomic mass is 9.81. The third kappa shape index (κ3) is 9.99. The third-order valence-corrected chi connectivity index (χ3v) is 10.0. The number of hydrogen-bond donors (Lipinski definition) is 4. The van der Waals surface area contributed by atoms with Crippen LogP contribution in [0, 0.1) is 18.8 Å². The Bertz CT molecular complexity index is 1740. The molecule has 2 heterocycles.